The molecule has 1 aliphatic carbocycles. The van der Waals surface area contributed by atoms with E-state index in [1.807, 2.05) is 12.4 Å². The number of allylic oxidation sites excluding steroid dienone is 8. The summed E-state index contributed by atoms with van der Waals surface area (Å²) in [7, 11) is 2.29. The Morgan fingerprint density at radius 2 is 0.981 bits per heavy atom. The van der Waals surface area contributed by atoms with Crippen LogP contribution in [0.1, 0.15) is 199 Å². The molecule has 4 nitrogen and oxygen atoms in total. The van der Waals surface area contributed by atoms with E-state index in [9.17, 15) is 0 Å². The van der Waals surface area contributed by atoms with Crippen molar-refractivity contribution in [2.24, 2.45) is 0 Å². The Morgan fingerprint density at radius 3 is 1.43 bits per heavy atom. The van der Waals surface area contributed by atoms with Gasteiger partial charge in [-0.25, -0.2) is 0 Å². The van der Waals surface area contributed by atoms with Crippen LogP contribution in [0, 0.1) is 0 Å². The maximum Gasteiger partial charge on any atom is 0.169 e. The van der Waals surface area contributed by atoms with Crippen molar-refractivity contribution >= 4 is 0 Å². The zero-order chi connectivity index (χ0) is 38.2. The summed E-state index contributed by atoms with van der Waals surface area (Å²) in [6.07, 6.45) is 59.5. The lowest BCUT2D eigenvalue weighted by molar-refractivity contribution is -0.193. The second-order valence-electron chi connectivity index (χ2n) is 16.6. The van der Waals surface area contributed by atoms with Gasteiger partial charge in [-0.2, -0.15) is 0 Å². The fourth-order valence-electron chi connectivity index (χ4n) is 8.29. The molecule has 1 saturated heterocycles. The van der Waals surface area contributed by atoms with E-state index in [0.717, 1.165) is 51.5 Å². The molecule has 1 aromatic heterocycles. The molecule has 0 aromatic carbocycles. The lowest BCUT2D eigenvalue weighted by Crippen LogP contribution is -2.36. The summed E-state index contributed by atoms with van der Waals surface area (Å²) in [6, 6.07) is 4.82. The number of hydrogen-bond acceptors (Lipinski definition) is 4. The molecule has 4 heteroatoms. The molecule has 1 saturated carbocycles. The summed E-state index contributed by atoms with van der Waals surface area (Å²) in [5.74, 6) is -0.347. The SMILES string of the molecule is CCCCCC=CCC=CCCCCCCCCC1(CCCCCCCCC=CCC=CCCCCC)O[C@H]2CC(N(C)CCc3ccncc3)C[C@H]2O1. The molecule has 0 amide bonds. The number of unbranched alkanes of at least 4 members (excludes halogenated alkanes) is 18. The van der Waals surface area contributed by atoms with E-state index in [2.05, 4.69) is 91.5 Å². The number of ether oxygens (including phenoxy) is 2. The van der Waals surface area contributed by atoms with Gasteiger partial charge < -0.3 is 14.4 Å². The van der Waals surface area contributed by atoms with Gasteiger partial charge in [0.15, 0.2) is 5.79 Å². The van der Waals surface area contributed by atoms with Gasteiger partial charge in [0.1, 0.15) is 0 Å². The molecule has 54 heavy (non-hydrogen) atoms. The monoisotopic (exact) mass is 745 g/mol. The van der Waals surface area contributed by atoms with Crippen LogP contribution in [-0.2, 0) is 15.9 Å². The van der Waals surface area contributed by atoms with Crippen molar-refractivity contribution in [3.8, 4) is 0 Å². The van der Waals surface area contributed by atoms with Crippen molar-refractivity contribution in [3.63, 3.8) is 0 Å². The number of nitrogens with zero attached hydrogens (tertiary/aromatic N) is 2. The van der Waals surface area contributed by atoms with E-state index in [4.69, 9.17) is 9.47 Å². The molecule has 0 spiro atoms. The standard InChI is InChI=1S/C50H84N2O2/c1-4-6-8-10-12-14-16-18-20-22-24-26-28-30-32-34-39-50(40-35-33-31-29-27-25-23-21-19-17-15-13-11-9-7-5-2)53-48-44-47(45-49(48)54-50)52(3)43-38-46-36-41-51-42-37-46/h12-15,18-21,36-37,41-42,47-49H,4-11,16-17,22-35,38-40,43-45H2,1-3H3/t47?,48-,49+,50?. The fourth-order valence-corrected chi connectivity index (χ4v) is 8.29. The van der Waals surface area contributed by atoms with E-state index < -0.39 is 0 Å². The summed E-state index contributed by atoms with van der Waals surface area (Å²) < 4.78 is 14.0. The molecular weight excluding hydrogens is 661 g/mol. The molecule has 1 aromatic rings. The molecular formula is C50H84N2O2. The second-order valence-corrected chi connectivity index (χ2v) is 16.6. The Labute approximate surface area is 334 Å². The molecule has 3 atom stereocenters. The molecule has 1 unspecified atom stereocenters. The predicted molar refractivity (Wildman–Crippen MR) is 234 cm³/mol. The van der Waals surface area contributed by atoms with Crippen molar-refractivity contribution in [2.45, 2.75) is 224 Å². The Kier molecular flexibility index (Phi) is 26.7. The zero-order valence-electron chi connectivity index (χ0n) is 35.6. The Bertz CT molecular complexity index is 1060. The van der Waals surface area contributed by atoms with Gasteiger partial charge in [-0.3, -0.25) is 4.98 Å². The third-order valence-electron chi connectivity index (χ3n) is 11.8. The summed E-state index contributed by atoms with van der Waals surface area (Å²) >= 11 is 0. The second kappa shape index (κ2) is 31.1. The van der Waals surface area contributed by atoms with Gasteiger partial charge in [0, 0.05) is 37.8 Å². The molecule has 2 fully saturated rings. The highest BCUT2D eigenvalue weighted by Crippen LogP contribution is 2.44. The molecule has 1 aliphatic heterocycles. The predicted octanol–water partition coefficient (Wildman–Crippen LogP) is 14.6. The van der Waals surface area contributed by atoms with Crippen molar-refractivity contribution < 1.29 is 9.47 Å². The van der Waals surface area contributed by atoms with Crippen LogP contribution in [0.25, 0.3) is 0 Å². The number of aromatic nitrogens is 1. The molecule has 306 valence electrons. The minimum Gasteiger partial charge on any atom is -0.344 e. The minimum atomic E-state index is -0.347. The third-order valence-corrected chi connectivity index (χ3v) is 11.8. The fraction of sp³-hybridized carbons (Fsp3) is 0.740. The Hall–Kier alpha value is -2.01. The summed E-state index contributed by atoms with van der Waals surface area (Å²) in [5.41, 5.74) is 1.36. The Balaban J connectivity index is 1.31. The summed E-state index contributed by atoms with van der Waals surface area (Å²) in [6.45, 7) is 5.61. The van der Waals surface area contributed by atoms with Crippen LogP contribution in [-0.4, -0.2) is 47.5 Å². The summed E-state index contributed by atoms with van der Waals surface area (Å²) in [4.78, 5) is 6.72. The zero-order valence-corrected chi connectivity index (χ0v) is 35.6. The first-order valence-electron chi connectivity index (χ1n) is 23.2. The van der Waals surface area contributed by atoms with E-state index in [1.54, 1.807) is 0 Å². The van der Waals surface area contributed by atoms with E-state index >= 15 is 0 Å². The summed E-state index contributed by atoms with van der Waals surface area (Å²) in [5, 5.41) is 0. The van der Waals surface area contributed by atoms with Crippen LogP contribution in [0.5, 0.6) is 0 Å². The highest BCUT2D eigenvalue weighted by Gasteiger charge is 2.51. The molecule has 2 aliphatic rings. The van der Waals surface area contributed by atoms with Crippen molar-refractivity contribution in [1.29, 1.82) is 0 Å². The average Bonchev–Trinajstić information content (AvgIpc) is 3.74. The number of fused-ring (bicyclic) bond motifs is 1. The smallest absolute Gasteiger partial charge is 0.169 e. The van der Waals surface area contributed by atoms with Gasteiger partial charge in [-0.05, 0) is 121 Å². The maximum atomic E-state index is 6.98. The van der Waals surface area contributed by atoms with Gasteiger partial charge in [-0.15, -0.1) is 0 Å². The van der Waals surface area contributed by atoms with Crippen LogP contribution in [0.15, 0.2) is 73.1 Å². The maximum absolute atomic E-state index is 6.98. The highest BCUT2D eigenvalue weighted by molar-refractivity contribution is 5.10. The molecule has 0 N–H and O–H groups in total. The van der Waals surface area contributed by atoms with E-state index in [0.29, 0.717) is 6.04 Å². The first kappa shape index (κ1) is 46.4. The first-order chi connectivity index (χ1) is 26.7. The van der Waals surface area contributed by atoms with Crippen molar-refractivity contribution in [3.05, 3.63) is 78.7 Å². The number of hydrogen-bond donors (Lipinski definition) is 0. The van der Waals surface area contributed by atoms with Gasteiger partial charge in [0.05, 0.1) is 12.2 Å². The normalized spacial score (nSPS) is 21.7. The van der Waals surface area contributed by atoms with Crippen LogP contribution < -0.4 is 0 Å². The molecule has 2 heterocycles. The van der Waals surface area contributed by atoms with Crippen LogP contribution in [0.4, 0.5) is 0 Å². The average molecular weight is 745 g/mol. The van der Waals surface area contributed by atoms with Crippen molar-refractivity contribution in [1.82, 2.24) is 9.88 Å². The van der Waals surface area contributed by atoms with Crippen LogP contribution >= 0.6 is 0 Å². The lowest BCUT2D eigenvalue weighted by atomic mass is 9.98. The number of likely N-dealkylation sites (N-methyl/N-ethyl adjacent to an activating group) is 1. The quantitative estimate of drug-likeness (QED) is 0.0520. The molecule has 3 rings (SSSR count). The van der Waals surface area contributed by atoms with E-state index in [1.165, 1.54) is 147 Å². The number of rotatable bonds is 34. The van der Waals surface area contributed by atoms with Gasteiger partial charge >= 0.3 is 0 Å². The van der Waals surface area contributed by atoms with Gasteiger partial charge in [-0.1, -0.05) is 140 Å². The Morgan fingerprint density at radius 1 is 0.574 bits per heavy atom. The first-order valence-corrected chi connectivity index (χ1v) is 23.2. The van der Waals surface area contributed by atoms with Crippen LogP contribution in [0.2, 0.25) is 0 Å². The van der Waals surface area contributed by atoms with E-state index in [-0.39, 0.29) is 18.0 Å². The molecule has 0 radical (unpaired) electrons. The van der Waals surface area contributed by atoms with Gasteiger partial charge in [0.2, 0.25) is 0 Å². The highest BCUT2D eigenvalue weighted by atomic mass is 16.8. The largest absolute Gasteiger partial charge is 0.344 e. The third kappa shape index (κ3) is 21.3. The van der Waals surface area contributed by atoms with Gasteiger partial charge in [0.25, 0.3) is 0 Å². The molecule has 0 bridgehead atoms. The topological polar surface area (TPSA) is 34.6 Å². The number of pyridine rings is 1. The van der Waals surface area contributed by atoms with Crippen LogP contribution in [0.3, 0.4) is 0 Å². The van der Waals surface area contributed by atoms with Crippen molar-refractivity contribution in [2.75, 3.05) is 13.6 Å². The minimum absolute atomic E-state index is 0.257. The lowest BCUT2D eigenvalue weighted by Gasteiger charge is -2.32.